The van der Waals surface area contributed by atoms with Crippen molar-refractivity contribution in [2.75, 3.05) is 26.2 Å². The first-order valence-electron chi connectivity index (χ1n) is 7.59. The fourth-order valence-electron chi connectivity index (χ4n) is 3.31. The highest BCUT2D eigenvalue weighted by Crippen LogP contribution is 2.33. The molecule has 0 N–H and O–H groups in total. The van der Waals surface area contributed by atoms with Crippen LogP contribution < -0.4 is 0 Å². The van der Waals surface area contributed by atoms with Gasteiger partial charge in [0.15, 0.2) is 0 Å². The molecule has 2 fully saturated rings. The lowest BCUT2D eigenvalue weighted by atomic mass is 10.0. The van der Waals surface area contributed by atoms with Crippen LogP contribution in [-0.2, 0) is 4.79 Å². The molecular weight excluding hydrogens is 224 g/mol. The van der Waals surface area contributed by atoms with Gasteiger partial charge in [0, 0.05) is 38.1 Å². The predicted octanol–water partition coefficient (Wildman–Crippen LogP) is 2.22. The van der Waals surface area contributed by atoms with Crippen molar-refractivity contribution in [1.29, 1.82) is 0 Å². The third-order valence-corrected chi connectivity index (χ3v) is 5.07. The van der Waals surface area contributed by atoms with Crippen LogP contribution in [0.1, 0.15) is 40.5 Å². The smallest absolute Gasteiger partial charge is 0.225 e. The highest BCUT2D eigenvalue weighted by Gasteiger charge is 2.42. The van der Waals surface area contributed by atoms with Crippen molar-refractivity contribution in [2.45, 2.75) is 46.6 Å². The summed E-state index contributed by atoms with van der Waals surface area (Å²) in [6.45, 7) is 13.1. The average molecular weight is 252 g/mol. The third kappa shape index (κ3) is 2.56. The van der Waals surface area contributed by atoms with Gasteiger partial charge >= 0.3 is 0 Å². The van der Waals surface area contributed by atoms with E-state index in [0.29, 0.717) is 11.9 Å². The van der Waals surface area contributed by atoms with Gasteiger partial charge in [0.25, 0.3) is 0 Å². The van der Waals surface area contributed by atoms with Crippen molar-refractivity contribution in [3.8, 4) is 0 Å². The number of rotatable bonds is 4. The van der Waals surface area contributed by atoms with Crippen molar-refractivity contribution >= 4 is 5.91 Å². The summed E-state index contributed by atoms with van der Waals surface area (Å²) in [5, 5.41) is 0. The average Bonchev–Trinajstić information content (AvgIpc) is 2.93. The lowest BCUT2D eigenvalue weighted by Gasteiger charge is -2.26. The van der Waals surface area contributed by atoms with Crippen molar-refractivity contribution in [1.82, 2.24) is 9.80 Å². The van der Waals surface area contributed by atoms with Crippen molar-refractivity contribution in [3.63, 3.8) is 0 Å². The fraction of sp³-hybridized carbons (Fsp3) is 0.933. The number of nitrogens with zero attached hydrogens (tertiary/aromatic N) is 2. The molecule has 1 amide bonds. The van der Waals surface area contributed by atoms with Crippen LogP contribution in [0.4, 0.5) is 0 Å². The first kappa shape index (κ1) is 13.9. The summed E-state index contributed by atoms with van der Waals surface area (Å²) in [6, 6.07) is 0.703. The second-order valence-corrected chi connectivity index (χ2v) is 6.28. The van der Waals surface area contributed by atoms with Gasteiger partial charge in [-0.25, -0.2) is 0 Å². The van der Waals surface area contributed by atoms with Crippen LogP contribution in [0, 0.1) is 17.8 Å². The second-order valence-electron chi connectivity index (χ2n) is 6.28. The molecule has 0 aromatic heterocycles. The number of hydrogen-bond acceptors (Lipinski definition) is 2. The lowest BCUT2D eigenvalue weighted by Crippen LogP contribution is -2.38. The number of amides is 1. The van der Waals surface area contributed by atoms with Gasteiger partial charge in [0.1, 0.15) is 0 Å². The third-order valence-electron chi connectivity index (χ3n) is 5.07. The Morgan fingerprint density at radius 3 is 2.06 bits per heavy atom. The molecular formula is C15H28N2O. The molecule has 2 heterocycles. The van der Waals surface area contributed by atoms with Crippen molar-refractivity contribution < 1.29 is 4.79 Å². The second kappa shape index (κ2) is 5.60. The molecule has 0 spiro atoms. The van der Waals surface area contributed by atoms with Gasteiger partial charge in [0.2, 0.25) is 5.91 Å². The molecule has 2 saturated heterocycles. The Kier molecular flexibility index (Phi) is 4.31. The van der Waals surface area contributed by atoms with E-state index in [1.54, 1.807) is 0 Å². The maximum absolute atomic E-state index is 12.2. The molecule has 3 nitrogen and oxygen atoms in total. The van der Waals surface area contributed by atoms with Gasteiger partial charge in [0.05, 0.1) is 0 Å². The van der Waals surface area contributed by atoms with Crippen LogP contribution >= 0.6 is 0 Å². The number of carbonyl (C=O) groups excluding carboxylic acids is 1. The Morgan fingerprint density at radius 2 is 1.61 bits per heavy atom. The van der Waals surface area contributed by atoms with E-state index in [-0.39, 0.29) is 5.92 Å². The molecule has 0 bridgehead atoms. The first-order chi connectivity index (χ1) is 8.56. The highest BCUT2D eigenvalue weighted by molar-refractivity contribution is 5.78. The van der Waals surface area contributed by atoms with E-state index in [1.807, 2.05) is 0 Å². The molecule has 0 saturated carbocycles. The van der Waals surface area contributed by atoms with E-state index >= 15 is 0 Å². The highest BCUT2D eigenvalue weighted by atomic mass is 16.2. The number of carbonyl (C=O) groups is 1. The molecule has 18 heavy (non-hydrogen) atoms. The quantitative estimate of drug-likeness (QED) is 0.766. The van der Waals surface area contributed by atoms with Crippen molar-refractivity contribution in [3.05, 3.63) is 0 Å². The van der Waals surface area contributed by atoms with Gasteiger partial charge in [-0.1, -0.05) is 20.8 Å². The number of hydrogen-bond donors (Lipinski definition) is 0. The summed E-state index contributed by atoms with van der Waals surface area (Å²) in [7, 11) is 0. The van der Waals surface area contributed by atoms with Gasteiger partial charge in [-0.15, -0.1) is 0 Å². The number of fused-ring (bicyclic) bond motifs is 1. The summed E-state index contributed by atoms with van der Waals surface area (Å²) < 4.78 is 0. The number of likely N-dealkylation sites (tertiary alicyclic amines) is 2. The van der Waals surface area contributed by atoms with Crippen LogP contribution in [0.15, 0.2) is 0 Å². The zero-order valence-corrected chi connectivity index (χ0v) is 12.4. The van der Waals surface area contributed by atoms with Gasteiger partial charge < -0.3 is 4.90 Å². The molecule has 3 heteroatoms. The zero-order chi connectivity index (χ0) is 13.3. The molecule has 0 aromatic carbocycles. The topological polar surface area (TPSA) is 23.6 Å². The van der Waals surface area contributed by atoms with Crippen LogP contribution in [0.3, 0.4) is 0 Å². The minimum Gasteiger partial charge on any atom is -0.342 e. The molecule has 4 unspecified atom stereocenters. The minimum atomic E-state index is 0.203. The Labute approximate surface area is 112 Å². The first-order valence-corrected chi connectivity index (χ1v) is 7.59. The fourth-order valence-corrected chi connectivity index (χ4v) is 3.31. The summed E-state index contributed by atoms with van der Waals surface area (Å²) in [5.41, 5.74) is 0. The normalized spacial score (nSPS) is 31.4. The largest absolute Gasteiger partial charge is 0.342 e. The van der Waals surface area contributed by atoms with E-state index < -0.39 is 0 Å². The monoisotopic (exact) mass is 252 g/mol. The van der Waals surface area contributed by atoms with Crippen molar-refractivity contribution in [2.24, 2.45) is 17.8 Å². The Morgan fingerprint density at radius 1 is 1.06 bits per heavy atom. The van der Waals surface area contributed by atoms with Crippen LogP contribution in [0.2, 0.25) is 0 Å². The van der Waals surface area contributed by atoms with Gasteiger partial charge in [-0.05, 0) is 31.6 Å². The van der Waals surface area contributed by atoms with E-state index in [2.05, 4.69) is 37.5 Å². The molecule has 4 atom stereocenters. The molecule has 2 aliphatic heterocycles. The summed E-state index contributed by atoms with van der Waals surface area (Å²) >= 11 is 0. The maximum atomic E-state index is 12.2. The molecule has 2 aliphatic rings. The van der Waals surface area contributed by atoms with E-state index in [4.69, 9.17) is 0 Å². The van der Waals surface area contributed by atoms with E-state index in [0.717, 1.165) is 31.3 Å². The van der Waals surface area contributed by atoms with Crippen LogP contribution in [0.25, 0.3) is 0 Å². The van der Waals surface area contributed by atoms with Crippen LogP contribution in [-0.4, -0.2) is 47.9 Å². The summed E-state index contributed by atoms with van der Waals surface area (Å²) in [6.07, 6.45) is 2.19. The standard InChI is InChI=1S/C15H28N2O/c1-5-11(3)15(18)17-9-13-7-16(12(4)6-2)8-14(13)10-17/h11-14H,5-10H2,1-4H3. The Balaban J connectivity index is 1.88. The van der Waals surface area contributed by atoms with Gasteiger partial charge in [-0.3, -0.25) is 9.69 Å². The molecule has 104 valence electrons. The summed E-state index contributed by atoms with van der Waals surface area (Å²) in [4.78, 5) is 16.9. The Bertz CT molecular complexity index is 291. The molecule has 2 rings (SSSR count). The Hall–Kier alpha value is -0.570. The maximum Gasteiger partial charge on any atom is 0.225 e. The molecule has 0 aliphatic carbocycles. The van der Waals surface area contributed by atoms with Crippen LogP contribution in [0.5, 0.6) is 0 Å². The minimum absolute atomic E-state index is 0.203. The van der Waals surface area contributed by atoms with E-state index in [1.165, 1.54) is 19.5 Å². The summed E-state index contributed by atoms with van der Waals surface area (Å²) in [5.74, 6) is 2.04. The molecule has 0 aromatic rings. The lowest BCUT2D eigenvalue weighted by molar-refractivity contribution is -0.134. The predicted molar refractivity (Wildman–Crippen MR) is 74.3 cm³/mol. The zero-order valence-electron chi connectivity index (χ0n) is 12.4. The van der Waals surface area contributed by atoms with Gasteiger partial charge in [-0.2, -0.15) is 0 Å². The SMILES string of the molecule is CCC(C)C(=O)N1CC2CN(C(C)CC)CC2C1. The molecule has 0 radical (unpaired) electrons. The van der Waals surface area contributed by atoms with E-state index in [9.17, 15) is 4.79 Å².